The molecule has 4 aromatic rings. The molecule has 158 valence electrons. The molecule has 6 nitrogen and oxygen atoms in total. The zero-order chi connectivity index (χ0) is 21.2. The van der Waals surface area contributed by atoms with Crippen molar-refractivity contribution in [2.24, 2.45) is 0 Å². The van der Waals surface area contributed by atoms with Crippen LogP contribution in [0.15, 0.2) is 60.7 Å². The Morgan fingerprint density at radius 3 is 2.55 bits per heavy atom. The molecule has 0 saturated carbocycles. The maximum absolute atomic E-state index is 14.2. The van der Waals surface area contributed by atoms with Crippen LogP contribution < -0.4 is 5.32 Å². The number of hydrogen-bond acceptors (Lipinski definition) is 5. The number of halogens is 1. The van der Waals surface area contributed by atoms with E-state index in [-0.39, 0.29) is 5.82 Å². The number of nitrogens with one attached hydrogen (secondary N) is 1. The molecule has 0 bridgehead atoms. The summed E-state index contributed by atoms with van der Waals surface area (Å²) in [5.41, 5.74) is 3.73. The van der Waals surface area contributed by atoms with Gasteiger partial charge in [0.05, 0.1) is 5.56 Å². The predicted molar refractivity (Wildman–Crippen MR) is 119 cm³/mol. The highest BCUT2D eigenvalue weighted by molar-refractivity contribution is 5.60. The highest BCUT2D eigenvalue weighted by Crippen LogP contribution is 2.23. The number of rotatable bonds is 5. The molecule has 1 aliphatic rings. The van der Waals surface area contributed by atoms with Crippen molar-refractivity contribution in [2.45, 2.75) is 32.4 Å². The van der Waals surface area contributed by atoms with E-state index in [9.17, 15) is 4.39 Å². The molecule has 3 heterocycles. The van der Waals surface area contributed by atoms with Crippen LogP contribution in [0.1, 0.15) is 24.0 Å². The monoisotopic (exact) mass is 416 g/mol. The predicted octanol–water partition coefficient (Wildman–Crippen LogP) is 4.32. The van der Waals surface area contributed by atoms with Gasteiger partial charge >= 0.3 is 0 Å². The minimum absolute atomic E-state index is 0.335. The number of hydrogen-bond donors (Lipinski definition) is 1. The van der Waals surface area contributed by atoms with Gasteiger partial charge in [-0.15, -0.1) is 15.3 Å². The highest BCUT2D eigenvalue weighted by Gasteiger charge is 2.20. The molecule has 0 radical (unpaired) electrons. The lowest BCUT2D eigenvalue weighted by atomic mass is 10.0. The second-order valence-corrected chi connectivity index (χ2v) is 8.11. The minimum atomic E-state index is -0.335. The minimum Gasteiger partial charge on any atom is -0.366 e. The first-order chi connectivity index (χ1) is 15.2. The van der Waals surface area contributed by atoms with Crippen molar-refractivity contribution in [2.75, 3.05) is 18.4 Å². The van der Waals surface area contributed by atoms with Crippen LogP contribution in [-0.4, -0.2) is 43.8 Å². The average Bonchev–Trinajstić information content (AvgIpc) is 3.20. The molecule has 7 heteroatoms. The Morgan fingerprint density at radius 1 is 0.968 bits per heavy atom. The number of piperidine rings is 1. The van der Waals surface area contributed by atoms with Gasteiger partial charge in [0, 0.05) is 25.7 Å². The molecule has 0 atom stereocenters. The second-order valence-electron chi connectivity index (χ2n) is 8.11. The maximum Gasteiger partial charge on any atom is 0.188 e. The van der Waals surface area contributed by atoms with Crippen LogP contribution in [0.4, 0.5) is 10.2 Å². The van der Waals surface area contributed by atoms with Crippen molar-refractivity contribution >= 4 is 11.5 Å². The fraction of sp³-hybridized carbons (Fsp3) is 0.292. The van der Waals surface area contributed by atoms with Crippen molar-refractivity contribution in [3.8, 4) is 11.4 Å². The van der Waals surface area contributed by atoms with E-state index in [4.69, 9.17) is 0 Å². The first-order valence-electron chi connectivity index (χ1n) is 10.7. The number of aromatic nitrogens is 4. The molecule has 0 spiro atoms. The molecular weight excluding hydrogens is 391 g/mol. The number of benzene rings is 2. The summed E-state index contributed by atoms with van der Waals surface area (Å²) in [4.78, 5) is 2.51. The summed E-state index contributed by atoms with van der Waals surface area (Å²) in [6.07, 6.45) is 2.10. The fourth-order valence-electron chi connectivity index (χ4n) is 4.15. The van der Waals surface area contributed by atoms with Gasteiger partial charge in [-0.25, -0.2) is 4.39 Å². The molecule has 1 fully saturated rings. The van der Waals surface area contributed by atoms with Crippen molar-refractivity contribution in [1.29, 1.82) is 0 Å². The third-order valence-electron chi connectivity index (χ3n) is 5.97. The summed E-state index contributed by atoms with van der Waals surface area (Å²) in [6, 6.07) is 19.3. The highest BCUT2D eigenvalue weighted by atomic mass is 19.1. The molecule has 5 rings (SSSR count). The lowest BCUT2D eigenvalue weighted by molar-refractivity contribution is 0.211. The molecule has 1 aliphatic heterocycles. The van der Waals surface area contributed by atoms with Crippen molar-refractivity contribution in [1.82, 2.24) is 24.7 Å². The van der Waals surface area contributed by atoms with E-state index in [1.807, 2.05) is 12.1 Å². The van der Waals surface area contributed by atoms with Gasteiger partial charge in [-0.3, -0.25) is 4.90 Å². The summed E-state index contributed by atoms with van der Waals surface area (Å²) in [7, 11) is 0. The van der Waals surface area contributed by atoms with E-state index in [1.54, 1.807) is 22.7 Å². The van der Waals surface area contributed by atoms with Gasteiger partial charge in [-0.05, 0) is 55.2 Å². The number of likely N-dealkylation sites (tertiary alicyclic amines) is 1. The molecule has 0 aliphatic carbocycles. The van der Waals surface area contributed by atoms with Crippen LogP contribution >= 0.6 is 0 Å². The Balaban J connectivity index is 1.27. The Kier molecular flexibility index (Phi) is 5.34. The summed E-state index contributed by atoms with van der Waals surface area (Å²) >= 11 is 0. The van der Waals surface area contributed by atoms with E-state index >= 15 is 0 Å². The number of anilines is 1. The van der Waals surface area contributed by atoms with Crippen LogP contribution in [0.3, 0.4) is 0 Å². The third kappa shape index (κ3) is 4.14. The Labute approximate surface area is 180 Å². The van der Waals surface area contributed by atoms with Gasteiger partial charge in [0.1, 0.15) is 11.6 Å². The fourth-order valence-corrected chi connectivity index (χ4v) is 4.15. The third-order valence-corrected chi connectivity index (χ3v) is 5.97. The molecule has 1 N–H and O–H groups in total. The van der Waals surface area contributed by atoms with Gasteiger partial charge in [0.15, 0.2) is 11.5 Å². The second kappa shape index (κ2) is 8.43. The van der Waals surface area contributed by atoms with Crippen LogP contribution in [0, 0.1) is 12.7 Å². The first-order valence-corrected chi connectivity index (χ1v) is 10.7. The van der Waals surface area contributed by atoms with Gasteiger partial charge in [-0.2, -0.15) is 4.52 Å². The van der Waals surface area contributed by atoms with E-state index in [2.05, 4.69) is 56.7 Å². The average molecular weight is 417 g/mol. The van der Waals surface area contributed by atoms with E-state index in [0.717, 1.165) is 38.3 Å². The Morgan fingerprint density at radius 2 is 1.74 bits per heavy atom. The Bertz CT molecular complexity index is 1200. The van der Waals surface area contributed by atoms with Crippen LogP contribution in [-0.2, 0) is 6.54 Å². The SMILES string of the molecule is Cc1ccccc1CN1CCC(Nc2ccc3nnc(-c4ccccc4F)n3n2)CC1. The summed E-state index contributed by atoms with van der Waals surface area (Å²) in [6.45, 7) is 5.25. The van der Waals surface area contributed by atoms with E-state index in [0.29, 0.717) is 23.1 Å². The maximum atomic E-state index is 14.2. The summed E-state index contributed by atoms with van der Waals surface area (Å²) in [5.74, 6) is 0.824. The zero-order valence-electron chi connectivity index (χ0n) is 17.5. The van der Waals surface area contributed by atoms with Gasteiger partial charge in [0.25, 0.3) is 0 Å². The smallest absolute Gasteiger partial charge is 0.188 e. The largest absolute Gasteiger partial charge is 0.366 e. The van der Waals surface area contributed by atoms with Crippen molar-refractivity contribution in [3.63, 3.8) is 0 Å². The van der Waals surface area contributed by atoms with Crippen LogP contribution in [0.5, 0.6) is 0 Å². The molecular formula is C24H25FN6. The molecule has 2 aromatic heterocycles. The molecule has 0 amide bonds. The number of aryl methyl sites for hydroxylation is 1. The normalized spacial score (nSPS) is 15.4. The molecule has 0 unspecified atom stereocenters. The van der Waals surface area contributed by atoms with Gasteiger partial charge in [0.2, 0.25) is 0 Å². The number of nitrogens with zero attached hydrogens (tertiary/aromatic N) is 5. The molecule has 2 aromatic carbocycles. The summed E-state index contributed by atoms with van der Waals surface area (Å²) in [5, 5.41) is 16.5. The molecule has 31 heavy (non-hydrogen) atoms. The van der Waals surface area contributed by atoms with E-state index in [1.165, 1.54) is 17.2 Å². The van der Waals surface area contributed by atoms with E-state index < -0.39 is 0 Å². The lowest BCUT2D eigenvalue weighted by Crippen LogP contribution is -2.39. The zero-order valence-corrected chi connectivity index (χ0v) is 17.5. The lowest BCUT2D eigenvalue weighted by Gasteiger charge is -2.32. The van der Waals surface area contributed by atoms with Gasteiger partial charge < -0.3 is 5.32 Å². The standard InChI is InChI=1S/C24H25FN6/c1-17-6-2-3-7-18(17)16-30-14-12-19(13-15-30)26-22-10-11-23-27-28-24(31(23)29-22)20-8-4-5-9-21(20)25/h2-11,19H,12-16H2,1H3,(H,26,29). The first kappa shape index (κ1) is 19.6. The Hall–Kier alpha value is -3.32. The van der Waals surface area contributed by atoms with Crippen LogP contribution in [0.25, 0.3) is 17.0 Å². The quantitative estimate of drug-likeness (QED) is 0.525. The van der Waals surface area contributed by atoms with Crippen LogP contribution in [0.2, 0.25) is 0 Å². The number of fused-ring (bicyclic) bond motifs is 1. The van der Waals surface area contributed by atoms with Crippen molar-refractivity contribution in [3.05, 3.63) is 77.6 Å². The van der Waals surface area contributed by atoms with Crippen molar-refractivity contribution < 1.29 is 4.39 Å². The topological polar surface area (TPSA) is 58.3 Å². The molecule has 1 saturated heterocycles. The summed E-state index contributed by atoms with van der Waals surface area (Å²) < 4.78 is 15.8. The van der Waals surface area contributed by atoms with Gasteiger partial charge in [-0.1, -0.05) is 36.4 Å².